The molecule has 0 saturated carbocycles. The van der Waals surface area contributed by atoms with Gasteiger partial charge in [0.05, 0.1) is 6.54 Å². The second-order valence-corrected chi connectivity index (χ2v) is 6.02. The van der Waals surface area contributed by atoms with Gasteiger partial charge in [-0.2, -0.15) is 0 Å². The maximum atomic E-state index is 13.6. The van der Waals surface area contributed by atoms with Gasteiger partial charge in [0.1, 0.15) is 6.04 Å². The summed E-state index contributed by atoms with van der Waals surface area (Å²) in [4.78, 5) is 40.8. The van der Waals surface area contributed by atoms with Crippen LogP contribution in [0.2, 0.25) is 0 Å². The van der Waals surface area contributed by atoms with Crippen LogP contribution in [0.15, 0.2) is 24.3 Å². The lowest BCUT2D eigenvalue weighted by atomic mass is 10.1. The van der Waals surface area contributed by atoms with Crippen molar-refractivity contribution in [1.29, 1.82) is 0 Å². The summed E-state index contributed by atoms with van der Waals surface area (Å²) in [5.74, 6) is -1.42. The fraction of sp³-hybridized carbons (Fsp3) is 0.471. The van der Waals surface area contributed by atoms with Crippen LogP contribution in [0, 0.1) is 5.82 Å². The standard InChI is InChI=1S/C17H22FN3O4/c1-12(22)20-8-9-21(14(10-20)17(24)19(2)3)16(23)11-25-15-7-5-4-6-13(15)18/h4-7,14H,8-11H2,1-3H3. The lowest BCUT2D eigenvalue weighted by molar-refractivity contribution is -0.152. The Bertz CT molecular complexity index is 665. The molecule has 2 rings (SSSR count). The lowest BCUT2D eigenvalue weighted by Gasteiger charge is -2.41. The highest BCUT2D eigenvalue weighted by molar-refractivity contribution is 5.89. The highest BCUT2D eigenvalue weighted by atomic mass is 19.1. The van der Waals surface area contributed by atoms with Crippen LogP contribution in [0.3, 0.4) is 0 Å². The number of carbonyl (C=O) groups excluding carboxylic acids is 3. The minimum absolute atomic E-state index is 0.0197. The average molecular weight is 351 g/mol. The molecule has 1 aromatic rings. The molecule has 0 radical (unpaired) electrons. The summed E-state index contributed by atoms with van der Waals surface area (Å²) in [6, 6.07) is 5.02. The molecule has 1 unspecified atom stereocenters. The first-order valence-corrected chi connectivity index (χ1v) is 7.94. The quantitative estimate of drug-likeness (QED) is 0.785. The number of hydrogen-bond donors (Lipinski definition) is 0. The SMILES string of the molecule is CC(=O)N1CCN(C(=O)COc2ccccc2F)C(C(=O)N(C)C)C1. The smallest absolute Gasteiger partial charge is 0.261 e. The van der Waals surface area contributed by atoms with E-state index in [4.69, 9.17) is 4.74 Å². The van der Waals surface area contributed by atoms with Gasteiger partial charge < -0.3 is 19.4 Å². The second kappa shape index (κ2) is 7.96. The fourth-order valence-corrected chi connectivity index (χ4v) is 2.66. The summed E-state index contributed by atoms with van der Waals surface area (Å²) in [7, 11) is 3.18. The first-order valence-electron chi connectivity index (χ1n) is 7.94. The third-order valence-corrected chi connectivity index (χ3v) is 4.06. The predicted molar refractivity (Wildman–Crippen MR) is 88.3 cm³/mol. The van der Waals surface area contributed by atoms with Gasteiger partial charge in [-0.3, -0.25) is 14.4 Å². The van der Waals surface area contributed by atoms with Crippen molar-refractivity contribution in [3.8, 4) is 5.75 Å². The number of piperazine rings is 1. The molecule has 1 aliphatic heterocycles. The molecule has 136 valence electrons. The molecular weight excluding hydrogens is 329 g/mol. The molecular formula is C17H22FN3O4. The number of nitrogens with zero attached hydrogens (tertiary/aromatic N) is 3. The van der Waals surface area contributed by atoms with Gasteiger partial charge in [-0.15, -0.1) is 0 Å². The zero-order chi connectivity index (χ0) is 18.6. The zero-order valence-corrected chi connectivity index (χ0v) is 14.6. The van der Waals surface area contributed by atoms with Crippen molar-refractivity contribution in [3.05, 3.63) is 30.1 Å². The molecule has 1 heterocycles. The van der Waals surface area contributed by atoms with E-state index in [1.165, 1.54) is 39.8 Å². The van der Waals surface area contributed by atoms with Crippen LogP contribution >= 0.6 is 0 Å². The fourth-order valence-electron chi connectivity index (χ4n) is 2.66. The number of likely N-dealkylation sites (N-methyl/N-ethyl adjacent to an activating group) is 1. The molecule has 1 fully saturated rings. The Hall–Kier alpha value is -2.64. The summed E-state index contributed by atoms with van der Waals surface area (Å²) >= 11 is 0. The number of benzene rings is 1. The van der Waals surface area contributed by atoms with E-state index in [-0.39, 0.29) is 37.3 Å². The summed E-state index contributed by atoms with van der Waals surface area (Å²) < 4.78 is 18.8. The van der Waals surface area contributed by atoms with E-state index < -0.39 is 17.8 Å². The van der Waals surface area contributed by atoms with Crippen molar-refractivity contribution < 1.29 is 23.5 Å². The van der Waals surface area contributed by atoms with Gasteiger partial charge >= 0.3 is 0 Å². The van der Waals surface area contributed by atoms with Crippen molar-refractivity contribution in [1.82, 2.24) is 14.7 Å². The Kier molecular flexibility index (Phi) is 5.95. The third kappa shape index (κ3) is 4.46. The summed E-state index contributed by atoms with van der Waals surface area (Å²) in [5, 5.41) is 0. The highest BCUT2D eigenvalue weighted by Gasteiger charge is 2.37. The van der Waals surface area contributed by atoms with Gasteiger partial charge in [0.2, 0.25) is 11.8 Å². The molecule has 0 N–H and O–H groups in total. The van der Waals surface area contributed by atoms with Crippen molar-refractivity contribution >= 4 is 17.7 Å². The number of hydrogen-bond acceptors (Lipinski definition) is 4. The minimum Gasteiger partial charge on any atom is -0.481 e. The largest absolute Gasteiger partial charge is 0.481 e. The van der Waals surface area contributed by atoms with E-state index in [2.05, 4.69) is 0 Å². The Morgan fingerprint density at radius 3 is 2.52 bits per heavy atom. The Morgan fingerprint density at radius 1 is 1.24 bits per heavy atom. The van der Waals surface area contributed by atoms with Gasteiger partial charge in [0.15, 0.2) is 18.2 Å². The average Bonchev–Trinajstić information content (AvgIpc) is 2.59. The molecule has 3 amide bonds. The zero-order valence-electron chi connectivity index (χ0n) is 14.6. The van der Waals surface area contributed by atoms with Crippen molar-refractivity contribution in [3.63, 3.8) is 0 Å². The molecule has 8 heteroatoms. The topological polar surface area (TPSA) is 70.2 Å². The van der Waals surface area contributed by atoms with E-state index in [1.807, 2.05) is 0 Å². The van der Waals surface area contributed by atoms with Crippen molar-refractivity contribution in [2.24, 2.45) is 0 Å². The van der Waals surface area contributed by atoms with Crippen LogP contribution in [0.4, 0.5) is 4.39 Å². The number of rotatable bonds is 4. The summed E-state index contributed by atoms with van der Waals surface area (Å²) in [6.45, 7) is 1.76. The molecule has 0 aliphatic carbocycles. The van der Waals surface area contributed by atoms with E-state index in [0.29, 0.717) is 6.54 Å². The summed E-state index contributed by atoms with van der Waals surface area (Å²) in [6.07, 6.45) is 0. The maximum absolute atomic E-state index is 13.6. The van der Waals surface area contributed by atoms with E-state index in [0.717, 1.165) is 0 Å². The molecule has 25 heavy (non-hydrogen) atoms. The van der Waals surface area contributed by atoms with E-state index in [9.17, 15) is 18.8 Å². The lowest BCUT2D eigenvalue weighted by Crippen LogP contribution is -2.61. The van der Waals surface area contributed by atoms with Crippen LogP contribution in [0.5, 0.6) is 5.75 Å². The molecule has 1 aromatic carbocycles. The molecule has 1 saturated heterocycles. The van der Waals surface area contributed by atoms with Gasteiger partial charge in [-0.25, -0.2) is 4.39 Å². The highest BCUT2D eigenvalue weighted by Crippen LogP contribution is 2.17. The number of carbonyl (C=O) groups is 3. The monoisotopic (exact) mass is 351 g/mol. The number of halogens is 1. The van der Waals surface area contributed by atoms with E-state index >= 15 is 0 Å². The van der Waals surface area contributed by atoms with Crippen LogP contribution in [-0.2, 0) is 14.4 Å². The van der Waals surface area contributed by atoms with E-state index in [1.54, 1.807) is 20.2 Å². The van der Waals surface area contributed by atoms with Gasteiger partial charge in [0, 0.05) is 34.1 Å². The Labute approximate surface area is 145 Å². The molecule has 1 aliphatic rings. The molecule has 7 nitrogen and oxygen atoms in total. The molecule has 1 atom stereocenters. The number of para-hydroxylation sites is 1. The minimum atomic E-state index is -0.774. The number of amides is 3. The molecule has 0 aromatic heterocycles. The van der Waals surface area contributed by atoms with Gasteiger partial charge in [-0.05, 0) is 12.1 Å². The number of ether oxygens (including phenoxy) is 1. The van der Waals surface area contributed by atoms with Crippen molar-refractivity contribution in [2.45, 2.75) is 13.0 Å². The first-order chi connectivity index (χ1) is 11.8. The second-order valence-electron chi connectivity index (χ2n) is 6.02. The van der Waals surface area contributed by atoms with Crippen LogP contribution in [0.1, 0.15) is 6.92 Å². The molecule has 0 bridgehead atoms. The van der Waals surface area contributed by atoms with Crippen LogP contribution in [0.25, 0.3) is 0 Å². The Balaban J connectivity index is 2.08. The normalized spacial score (nSPS) is 17.2. The van der Waals surface area contributed by atoms with Crippen LogP contribution < -0.4 is 4.74 Å². The molecule has 0 spiro atoms. The summed E-state index contributed by atoms with van der Waals surface area (Å²) in [5.41, 5.74) is 0. The maximum Gasteiger partial charge on any atom is 0.261 e. The third-order valence-electron chi connectivity index (χ3n) is 4.06. The van der Waals surface area contributed by atoms with Gasteiger partial charge in [0.25, 0.3) is 5.91 Å². The first kappa shape index (κ1) is 18.7. The van der Waals surface area contributed by atoms with Gasteiger partial charge in [-0.1, -0.05) is 12.1 Å². The van der Waals surface area contributed by atoms with Crippen molar-refractivity contribution in [2.75, 3.05) is 40.3 Å². The van der Waals surface area contributed by atoms with Crippen LogP contribution in [-0.4, -0.2) is 78.8 Å². The predicted octanol–water partition coefficient (Wildman–Crippen LogP) is 0.352. The Morgan fingerprint density at radius 2 is 1.92 bits per heavy atom.